The first kappa shape index (κ1) is 37.1. The maximum Gasteiger partial charge on any atom is 0.326 e. The first-order valence-electron chi connectivity index (χ1n) is 15.4. The Morgan fingerprint density at radius 2 is 1.58 bits per heavy atom. The summed E-state index contributed by atoms with van der Waals surface area (Å²) in [5.74, 6) is -5.86. The third kappa shape index (κ3) is 11.2. The van der Waals surface area contributed by atoms with E-state index in [1.807, 2.05) is 13.8 Å². The minimum absolute atomic E-state index is 0.0494. The van der Waals surface area contributed by atoms with Gasteiger partial charge in [0.25, 0.3) is 0 Å². The zero-order valence-corrected chi connectivity index (χ0v) is 26.7. The molecule has 2 aromatic heterocycles. The molecule has 19 nitrogen and oxygen atoms in total. The van der Waals surface area contributed by atoms with Crippen molar-refractivity contribution in [2.24, 2.45) is 17.4 Å². The molecule has 6 amide bonds. The Morgan fingerprint density at radius 1 is 0.938 bits per heavy atom. The maximum absolute atomic E-state index is 13.3. The molecule has 19 heteroatoms. The Hall–Kier alpha value is -5.33. The number of carbonyl (C=O) groups is 7. The van der Waals surface area contributed by atoms with Crippen LogP contribution in [0.3, 0.4) is 0 Å². The van der Waals surface area contributed by atoms with Crippen LogP contribution in [0.15, 0.2) is 25.0 Å². The van der Waals surface area contributed by atoms with Gasteiger partial charge in [-0.05, 0) is 25.2 Å². The summed E-state index contributed by atoms with van der Waals surface area (Å²) in [5, 5.41) is 19.2. The Bertz CT molecular complexity index is 1430. The van der Waals surface area contributed by atoms with Gasteiger partial charge in [0.05, 0.1) is 31.7 Å². The molecule has 5 atom stereocenters. The molecule has 0 saturated carbocycles. The molecular weight excluding hydrogens is 630 g/mol. The van der Waals surface area contributed by atoms with Crippen molar-refractivity contribution in [3.8, 4) is 0 Å². The van der Waals surface area contributed by atoms with Crippen molar-refractivity contribution in [3.63, 3.8) is 0 Å². The molecule has 2 aromatic rings. The first-order chi connectivity index (χ1) is 22.7. The average molecular weight is 674 g/mol. The van der Waals surface area contributed by atoms with Gasteiger partial charge in [-0.1, -0.05) is 13.8 Å². The van der Waals surface area contributed by atoms with E-state index >= 15 is 0 Å². The number of hydrogen-bond acceptors (Lipinski definition) is 10. The minimum Gasteiger partial charge on any atom is -0.480 e. The lowest BCUT2D eigenvalue weighted by molar-refractivity contribution is -0.142. The molecule has 0 aromatic carbocycles. The molecule has 11 N–H and O–H groups in total. The molecule has 0 unspecified atom stereocenters. The van der Waals surface area contributed by atoms with Crippen LogP contribution in [-0.2, 0) is 46.4 Å². The van der Waals surface area contributed by atoms with Crippen molar-refractivity contribution in [1.82, 2.24) is 46.1 Å². The SMILES string of the molecule is CC(C)C[C@H](NC(=O)[C@@H]1CCCN1C(=O)[C@@H](N)Cc1cnc[nH]1)C(=O)NCC(=O)N[C@@H](CC(N)=O)C(=O)N[C@@H](Cc1cnc[nH]1)C(=O)O. The van der Waals surface area contributed by atoms with E-state index in [1.54, 1.807) is 6.20 Å². The van der Waals surface area contributed by atoms with Gasteiger partial charge in [-0.15, -0.1) is 0 Å². The average Bonchev–Trinajstić information content (AvgIpc) is 3.81. The van der Waals surface area contributed by atoms with Gasteiger partial charge in [0.15, 0.2) is 0 Å². The van der Waals surface area contributed by atoms with Crippen molar-refractivity contribution in [2.75, 3.05) is 13.1 Å². The summed E-state index contributed by atoms with van der Waals surface area (Å²) in [4.78, 5) is 103. The quantitative estimate of drug-likeness (QED) is 0.0759. The summed E-state index contributed by atoms with van der Waals surface area (Å²) >= 11 is 0. The molecule has 48 heavy (non-hydrogen) atoms. The standard InChI is InChI=1S/C29H43N11O8/c1-15(2)6-19(38-27(45)22-4-3-5-40(22)28(46)18(30)7-16-10-32-13-35-16)25(43)34-12-24(42)37-20(9-23(31)41)26(44)39-21(29(47)48)8-17-11-33-14-36-17/h10-11,13-15,18-22H,3-9,12,30H2,1-2H3,(H2,31,41)(H,32,35)(H,33,36)(H,34,43)(H,37,42)(H,38,45)(H,39,44)(H,47,48)/t18-,19-,20-,21-,22-/m0/s1. The monoisotopic (exact) mass is 673 g/mol. The number of carbonyl (C=O) groups excluding carboxylic acids is 6. The van der Waals surface area contributed by atoms with E-state index in [9.17, 15) is 38.7 Å². The van der Waals surface area contributed by atoms with Crippen molar-refractivity contribution in [1.29, 1.82) is 0 Å². The number of nitrogens with two attached hydrogens (primary N) is 2. The van der Waals surface area contributed by atoms with Crippen LogP contribution in [0.4, 0.5) is 0 Å². The molecule has 3 heterocycles. The van der Waals surface area contributed by atoms with Gasteiger partial charge in [-0.2, -0.15) is 0 Å². The molecule has 0 bridgehead atoms. The normalized spacial score (nSPS) is 16.8. The number of hydrogen-bond donors (Lipinski definition) is 9. The van der Waals surface area contributed by atoms with E-state index in [-0.39, 0.29) is 25.2 Å². The van der Waals surface area contributed by atoms with Crippen LogP contribution >= 0.6 is 0 Å². The van der Waals surface area contributed by atoms with Crippen molar-refractivity contribution < 1.29 is 38.7 Å². The predicted octanol–water partition coefficient (Wildman–Crippen LogP) is -3.19. The number of primary amides is 1. The molecule has 1 fully saturated rings. The third-order valence-corrected chi connectivity index (χ3v) is 7.56. The van der Waals surface area contributed by atoms with Crippen molar-refractivity contribution in [2.45, 2.75) is 82.6 Å². The number of carboxylic acids is 1. The van der Waals surface area contributed by atoms with Crippen LogP contribution in [0.25, 0.3) is 0 Å². The number of aromatic amines is 2. The zero-order chi connectivity index (χ0) is 35.4. The lowest BCUT2D eigenvalue weighted by Crippen LogP contribution is -2.57. The third-order valence-electron chi connectivity index (χ3n) is 7.56. The summed E-state index contributed by atoms with van der Waals surface area (Å²) in [5.41, 5.74) is 12.5. The zero-order valence-electron chi connectivity index (χ0n) is 26.7. The lowest BCUT2D eigenvalue weighted by Gasteiger charge is -2.28. The van der Waals surface area contributed by atoms with Crippen molar-refractivity contribution in [3.05, 3.63) is 36.4 Å². The molecule has 1 aliphatic heterocycles. The van der Waals surface area contributed by atoms with Gasteiger partial charge in [0.1, 0.15) is 24.2 Å². The van der Waals surface area contributed by atoms with Gasteiger partial charge in [-0.3, -0.25) is 28.8 Å². The highest BCUT2D eigenvalue weighted by Gasteiger charge is 2.38. The molecule has 1 aliphatic rings. The molecule has 0 radical (unpaired) electrons. The van der Waals surface area contributed by atoms with E-state index in [0.29, 0.717) is 30.8 Å². The number of aliphatic carboxylic acids is 1. The van der Waals surface area contributed by atoms with Crippen LogP contribution in [0.5, 0.6) is 0 Å². The predicted molar refractivity (Wildman–Crippen MR) is 167 cm³/mol. The highest BCUT2D eigenvalue weighted by molar-refractivity contribution is 5.96. The Labute approximate surface area is 275 Å². The molecular formula is C29H43N11O8. The van der Waals surface area contributed by atoms with E-state index < -0.39 is 84.6 Å². The number of carboxylic acid groups (broad SMARTS) is 1. The van der Waals surface area contributed by atoms with E-state index in [2.05, 4.69) is 41.2 Å². The summed E-state index contributed by atoms with van der Waals surface area (Å²) in [6, 6.07) is -5.76. The maximum atomic E-state index is 13.3. The summed E-state index contributed by atoms with van der Waals surface area (Å²) < 4.78 is 0. The second-order valence-electron chi connectivity index (χ2n) is 12.0. The Balaban J connectivity index is 1.58. The molecule has 262 valence electrons. The van der Waals surface area contributed by atoms with Gasteiger partial charge < -0.3 is 52.7 Å². The number of aromatic nitrogens is 4. The number of rotatable bonds is 18. The Kier molecular flexibility index (Phi) is 13.6. The van der Waals surface area contributed by atoms with E-state index in [1.165, 1.54) is 23.8 Å². The fraction of sp³-hybridized carbons (Fsp3) is 0.552. The van der Waals surface area contributed by atoms with Gasteiger partial charge in [-0.25, -0.2) is 14.8 Å². The summed E-state index contributed by atoms with van der Waals surface area (Å²) in [6.45, 7) is 3.36. The summed E-state index contributed by atoms with van der Waals surface area (Å²) in [7, 11) is 0. The summed E-state index contributed by atoms with van der Waals surface area (Å²) in [6.07, 6.45) is 6.31. The van der Waals surface area contributed by atoms with Crippen LogP contribution < -0.4 is 32.7 Å². The highest BCUT2D eigenvalue weighted by Crippen LogP contribution is 2.20. The van der Waals surface area contributed by atoms with E-state index in [0.717, 1.165) is 0 Å². The number of likely N-dealkylation sites (tertiary alicyclic amines) is 1. The van der Waals surface area contributed by atoms with E-state index in [4.69, 9.17) is 11.5 Å². The molecule has 1 saturated heterocycles. The fourth-order valence-electron chi connectivity index (χ4n) is 5.24. The topological polar surface area (TPSA) is 300 Å². The lowest BCUT2D eigenvalue weighted by atomic mass is 10.0. The molecule has 0 aliphatic carbocycles. The number of amides is 6. The number of nitrogens with zero attached hydrogens (tertiary/aromatic N) is 3. The number of nitrogens with one attached hydrogen (secondary N) is 6. The Morgan fingerprint density at radius 3 is 2.15 bits per heavy atom. The highest BCUT2D eigenvalue weighted by atomic mass is 16.4. The number of imidazole rings is 2. The van der Waals surface area contributed by atoms with Crippen LogP contribution in [0.2, 0.25) is 0 Å². The fourth-order valence-corrected chi connectivity index (χ4v) is 5.24. The second kappa shape index (κ2) is 17.5. The second-order valence-corrected chi connectivity index (χ2v) is 12.0. The first-order valence-corrected chi connectivity index (χ1v) is 15.4. The minimum atomic E-state index is -1.53. The smallest absolute Gasteiger partial charge is 0.326 e. The van der Waals surface area contributed by atoms with Crippen LogP contribution in [-0.4, -0.2) is 115 Å². The largest absolute Gasteiger partial charge is 0.480 e. The molecule has 3 rings (SSSR count). The molecule has 0 spiro atoms. The van der Waals surface area contributed by atoms with Gasteiger partial charge >= 0.3 is 5.97 Å². The van der Waals surface area contributed by atoms with Crippen LogP contribution in [0, 0.1) is 5.92 Å². The van der Waals surface area contributed by atoms with Gasteiger partial charge in [0.2, 0.25) is 35.4 Å². The van der Waals surface area contributed by atoms with Gasteiger partial charge in [0, 0.05) is 43.2 Å². The van der Waals surface area contributed by atoms with Crippen molar-refractivity contribution >= 4 is 41.4 Å². The van der Waals surface area contributed by atoms with Crippen LogP contribution in [0.1, 0.15) is 50.9 Å². The number of H-pyrrole nitrogens is 2.